The van der Waals surface area contributed by atoms with Gasteiger partial charge in [-0.2, -0.15) is 5.26 Å². The molecule has 0 bridgehead atoms. The van der Waals surface area contributed by atoms with Gasteiger partial charge in [0, 0.05) is 28.4 Å². The van der Waals surface area contributed by atoms with Crippen molar-refractivity contribution in [3.05, 3.63) is 77.9 Å². The molecule has 36 heavy (non-hydrogen) atoms. The van der Waals surface area contributed by atoms with Crippen molar-refractivity contribution < 1.29 is 19.0 Å². The number of aromatic nitrogens is 1. The lowest BCUT2D eigenvalue weighted by Crippen LogP contribution is -2.08. The molecule has 0 atom stereocenters. The maximum Gasteiger partial charge on any atom is 0.349 e. The van der Waals surface area contributed by atoms with E-state index in [1.165, 1.54) is 0 Å². The number of para-hydroxylation sites is 1. The number of allylic oxidation sites excluding steroid dienone is 1. The number of hydrogen-bond donors (Lipinski definition) is 0. The summed E-state index contributed by atoms with van der Waals surface area (Å²) in [5, 5.41) is 11.8. The molecule has 1 aromatic heterocycles. The van der Waals surface area contributed by atoms with Crippen molar-refractivity contribution in [2.45, 2.75) is 33.2 Å². The molecule has 6 nitrogen and oxygen atoms in total. The van der Waals surface area contributed by atoms with Crippen molar-refractivity contribution in [1.82, 2.24) is 4.57 Å². The summed E-state index contributed by atoms with van der Waals surface area (Å²) in [5.74, 6) is 1.06. The summed E-state index contributed by atoms with van der Waals surface area (Å²) in [5.41, 5.74) is 3.77. The Morgan fingerprint density at radius 1 is 0.944 bits per heavy atom. The zero-order valence-electron chi connectivity index (χ0n) is 20.9. The molecule has 3 aromatic carbocycles. The molecule has 0 aliphatic rings. The van der Waals surface area contributed by atoms with Gasteiger partial charge in [0.2, 0.25) is 0 Å². The summed E-state index contributed by atoms with van der Waals surface area (Å²) in [6.45, 7) is 5.25. The van der Waals surface area contributed by atoms with Crippen LogP contribution in [0, 0.1) is 11.3 Å². The zero-order chi connectivity index (χ0) is 25.5. The van der Waals surface area contributed by atoms with Gasteiger partial charge >= 0.3 is 5.97 Å². The molecule has 0 saturated heterocycles. The fraction of sp³-hybridized carbons (Fsp3) is 0.267. The second-order valence-electron chi connectivity index (χ2n) is 8.46. The lowest BCUT2D eigenvalue weighted by Gasteiger charge is -2.10. The van der Waals surface area contributed by atoms with Crippen LogP contribution in [-0.4, -0.2) is 30.9 Å². The third-order valence-electron chi connectivity index (χ3n) is 6.28. The summed E-state index contributed by atoms with van der Waals surface area (Å²) < 4.78 is 18.5. The Balaban J connectivity index is 1.54. The minimum Gasteiger partial charge on any atom is -0.497 e. The van der Waals surface area contributed by atoms with Crippen molar-refractivity contribution >= 4 is 33.3 Å². The maximum atomic E-state index is 12.2. The highest BCUT2D eigenvalue weighted by molar-refractivity contribution is 6.09. The average molecular weight is 483 g/mol. The van der Waals surface area contributed by atoms with Gasteiger partial charge in [-0.1, -0.05) is 24.3 Å². The van der Waals surface area contributed by atoms with Crippen LogP contribution in [0.25, 0.3) is 27.4 Å². The molecule has 6 heteroatoms. The number of aryl methyl sites for hydroxylation is 1. The molecule has 0 radical (unpaired) electrons. The number of esters is 1. The van der Waals surface area contributed by atoms with Crippen LogP contribution in [-0.2, 0) is 16.1 Å². The predicted molar refractivity (Wildman–Crippen MR) is 142 cm³/mol. The van der Waals surface area contributed by atoms with Crippen LogP contribution in [0.4, 0.5) is 0 Å². The Kier molecular flexibility index (Phi) is 7.92. The standard InChI is InChI=1S/C30H30N2O4/c1-4-35-30(33)27(20-31)21(2)22-11-16-29-26(19-22)25-9-5-6-10-28(25)32(29)17-7-8-18-36-24-14-12-23(34-3)13-15-24/h5-6,9-16,19H,4,7-8,17-18H2,1-3H3. The van der Waals surface area contributed by atoms with E-state index < -0.39 is 5.97 Å². The fourth-order valence-corrected chi connectivity index (χ4v) is 4.39. The number of unbranched alkanes of at least 4 members (excludes halogenated alkanes) is 1. The minimum absolute atomic E-state index is 0.0387. The van der Waals surface area contributed by atoms with E-state index >= 15 is 0 Å². The summed E-state index contributed by atoms with van der Waals surface area (Å²) in [7, 11) is 1.65. The topological polar surface area (TPSA) is 73.5 Å². The van der Waals surface area contributed by atoms with Crippen molar-refractivity contribution in [3.63, 3.8) is 0 Å². The van der Waals surface area contributed by atoms with Crippen molar-refractivity contribution in [2.24, 2.45) is 0 Å². The van der Waals surface area contributed by atoms with Gasteiger partial charge in [-0.25, -0.2) is 4.79 Å². The van der Waals surface area contributed by atoms with Crippen LogP contribution in [0.3, 0.4) is 0 Å². The van der Waals surface area contributed by atoms with Gasteiger partial charge < -0.3 is 18.8 Å². The van der Waals surface area contributed by atoms with Crippen molar-refractivity contribution in [3.8, 4) is 17.6 Å². The van der Waals surface area contributed by atoms with Gasteiger partial charge in [-0.05, 0) is 80.3 Å². The fourth-order valence-electron chi connectivity index (χ4n) is 4.39. The molecule has 184 valence electrons. The summed E-state index contributed by atoms with van der Waals surface area (Å²) in [4.78, 5) is 12.2. The molecule has 0 aliphatic carbocycles. The van der Waals surface area contributed by atoms with E-state index in [2.05, 4.69) is 28.8 Å². The molecule has 4 rings (SSSR count). The number of benzene rings is 3. The van der Waals surface area contributed by atoms with E-state index in [0.29, 0.717) is 12.2 Å². The highest BCUT2D eigenvalue weighted by Crippen LogP contribution is 2.32. The number of methoxy groups -OCH3 is 1. The molecular formula is C30H30N2O4. The molecule has 0 aliphatic heterocycles. The van der Waals surface area contributed by atoms with Crippen LogP contribution in [0.2, 0.25) is 0 Å². The monoisotopic (exact) mass is 482 g/mol. The normalized spacial score (nSPS) is 11.7. The van der Waals surface area contributed by atoms with Gasteiger partial charge in [0.1, 0.15) is 23.1 Å². The Labute approximate surface area is 211 Å². The highest BCUT2D eigenvalue weighted by Gasteiger charge is 2.17. The summed E-state index contributed by atoms with van der Waals surface area (Å²) >= 11 is 0. The van der Waals surface area contributed by atoms with Crippen LogP contribution >= 0.6 is 0 Å². The van der Waals surface area contributed by atoms with Gasteiger partial charge in [0.05, 0.1) is 20.3 Å². The molecule has 0 saturated carbocycles. The number of nitriles is 1. The van der Waals surface area contributed by atoms with Gasteiger partial charge in [-0.15, -0.1) is 0 Å². The molecule has 0 spiro atoms. The smallest absolute Gasteiger partial charge is 0.349 e. The van der Waals surface area contributed by atoms with E-state index in [4.69, 9.17) is 14.2 Å². The first kappa shape index (κ1) is 24.9. The van der Waals surface area contributed by atoms with Gasteiger partial charge in [0.15, 0.2) is 0 Å². The molecule has 1 heterocycles. The molecule has 0 unspecified atom stereocenters. The first-order chi connectivity index (χ1) is 17.6. The summed E-state index contributed by atoms with van der Waals surface area (Å²) in [6, 6.07) is 24.1. The lowest BCUT2D eigenvalue weighted by molar-refractivity contribution is -0.137. The SMILES string of the molecule is CCOC(=O)C(C#N)=C(C)c1ccc2c(c1)c1ccccc1n2CCCCOc1ccc(OC)cc1. The van der Waals surface area contributed by atoms with E-state index in [0.717, 1.165) is 58.3 Å². The van der Waals surface area contributed by atoms with E-state index in [-0.39, 0.29) is 12.2 Å². The second kappa shape index (κ2) is 11.5. The quantitative estimate of drug-likeness (QED) is 0.111. The zero-order valence-corrected chi connectivity index (χ0v) is 20.9. The van der Waals surface area contributed by atoms with Crippen LogP contribution in [0.1, 0.15) is 32.3 Å². The van der Waals surface area contributed by atoms with Crippen LogP contribution in [0.5, 0.6) is 11.5 Å². The number of rotatable bonds is 10. The van der Waals surface area contributed by atoms with Crippen LogP contribution in [0.15, 0.2) is 72.3 Å². The third kappa shape index (κ3) is 5.21. The number of fused-ring (bicyclic) bond motifs is 3. The molecule has 0 amide bonds. The number of nitrogens with zero attached hydrogens (tertiary/aromatic N) is 2. The molecular weight excluding hydrogens is 452 g/mol. The number of hydrogen-bond acceptors (Lipinski definition) is 5. The Morgan fingerprint density at radius 3 is 2.39 bits per heavy atom. The molecule has 4 aromatic rings. The number of carbonyl (C=O) groups excluding carboxylic acids is 1. The van der Waals surface area contributed by atoms with Crippen molar-refractivity contribution in [1.29, 1.82) is 5.26 Å². The van der Waals surface area contributed by atoms with E-state index in [1.807, 2.05) is 48.5 Å². The highest BCUT2D eigenvalue weighted by atomic mass is 16.5. The van der Waals surface area contributed by atoms with Gasteiger partial charge in [0.25, 0.3) is 0 Å². The Bertz CT molecular complexity index is 1440. The molecule has 0 fully saturated rings. The predicted octanol–water partition coefficient (Wildman–Crippen LogP) is 6.52. The van der Waals surface area contributed by atoms with Crippen LogP contribution < -0.4 is 9.47 Å². The summed E-state index contributed by atoms with van der Waals surface area (Å²) in [6.07, 6.45) is 1.89. The lowest BCUT2D eigenvalue weighted by atomic mass is 10.00. The first-order valence-electron chi connectivity index (χ1n) is 12.1. The van der Waals surface area contributed by atoms with E-state index in [9.17, 15) is 10.1 Å². The number of ether oxygens (including phenoxy) is 3. The molecule has 0 N–H and O–H groups in total. The Morgan fingerprint density at radius 2 is 1.67 bits per heavy atom. The Hall–Kier alpha value is -4.24. The minimum atomic E-state index is -0.586. The second-order valence-corrected chi connectivity index (χ2v) is 8.46. The first-order valence-corrected chi connectivity index (χ1v) is 12.1. The third-order valence-corrected chi connectivity index (χ3v) is 6.28. The van der Waals surface area contributed by atoms with E-state index in [1.54, 1.807) is 21.0 Å². The van der Waals surface area contributed by atoms with Gasteiger partial charge in [-0.3, -0.25) is 0 Å². The maximum absolute atomic E-state index is 12.2. The average Bonchev–Trinajstić information content (AvgIpc) is 3.22. The van der Waals surface area contributed by atoms with Crippen molar-refractivity contribution in [2.75, 3.05) is 20.3 Å². The largest absolute Gasteiger partial charge is 0.497 e. The number of carbonyl (C=O) groups is 1.